The van der Waals surface area contributed by atoms with Gasteiger partial charge in [0.25, 0.3) is 5.91 Å². The first-order valence-corrected chi connectivity index (χ1v) is 5.47. The average Bonchev–Trinajstić information content (AvgIpc) is 2.89. The van der Waals surface area contributed by atoms with Gasteiger partial charge in [-0.3, -0.25) is 4.79 Å². The number of methoxy groups -OCH3 is 1. The van der Waals surface area contributed by atoms with E-state index in [1.807, 2.05) is 6.07 Å². The van der Waals surface area contributed by atoms with Crippen molar-refractivity contribution in [3.63, 3.8) is 0 Å². The first-order valence-electron chi connectivity index (χ1n) is 5.47. The first-order chi connectivity index (χ1) is 8.70. The minimum atomic E-state index is -0.340. The molecule has 0 unspecified atom stereocenters. The fourth-order valence-corrected chi connectivity index (χ4v) is 1.57. The quantitative estimate of drug-likeness (QED) is 0.768. The molecular weight excluding hydrogens is 232 g/mol. The van der Waals surface area contributed by atoms with Crippen LogP contribution < -0.4 is 10.1 Å². The van der Waals surface area contributed by atoms with E-state index >= 15 is 0 Å². The van der Waals surface area contributed by atoms with Crippen LogP contribution in [-0.2, 0) is 6.54 Å². The Hall–Kier alpha value is -2.43. The second kappa shape index (κ2) is 5.27. The summed E-state index contributed by atoms with van der Waals surface area (Å²) in [6, 6.07) is 6.40. The van der Waals surface area contributed by atoms with Crippen molar-refractivity contribution in [2.24, 2.45) is 0 Å². The van der Waals surface area contributed by atoms with Gasteiger partial charge in [0.2, 0.25) is 0 Å². The molecule has 94 valence electrons. The molecule has 1 aromatic heterocycles. The van der Waals surface area contributed by atoms with Crippen molar-refractivity contribution < 1.29 is 14.6 Å². The Morgan fingerprint density at radius 2 is 2.28 bits per heavy atom. The lowest BCUT2D eigenvalue weighted by Crippen LogP contribution is -2.22. The van der Waals surface area contributed by atoms with Gasteiger partial charge in [-0.2, -0.15) is 0 Å². The number of carbonyl (C=O) groups is 1. The van der Waals surface area contributed by atoms with Crippen molar-refractivity contribution in [2.75, 3.05) is 7.11 Å². The van der Waals surface area contributed by atoms with E-state index < -0.39 is 0 Å². The molecule has 0 atom stereocenters. The summed E-state index contributed by atoms with van der Waals surface area (Å²) in [7, 11) is 1.51. The summed E-state index contributed by atoms with van der Waals surface area (Å²) >= 11 is 0. The summed E-state index contributed by atoms with van der Waals surface area (Å²) in [5.41, 5.74) is 1.16. The molecule has 5 nitrogen and oxygen atoms in total. The number of aromatic amines is 1. The molecule has 0 saturated heterocycles. The minimum Gasteiger partial charge on any atom is -0.507 e. The molecule has 0 saturated carbocycles. The summed E-state index contributed by atoms with van der Waals surface area (Å²) in [5, 5.41) is 12.4. The lowest BCUT2D eigenvalue weighted by Gasteiger charge is -2.07. The van der Waals surface area contributed by atoms with Gasteiger partial charge in [-0.05, 0) is 29.8 Å². The van der Waals surface area contributed by atoms with Crippen molar-refractivity contribution in [3.8, 4) is 11.5 Å². The second-order valence-electron chi connectivity index (χ2n) is 3.79. The normalized spacial score (nSPS) is 10.1. The van der Waals surface area contributed by atoms with E-state index in [0.717, 1.165) is 5.56 Å². The molecule has 0 aliphatic heterocycles. The lowest BCUT2D eigenvalue weighted by molar-refractivity contribution is 0.0948. The third-order valence-electron chi connectivity index (χ3n) is 2.56. The predicted octanol–water partition coefficient (Wildman–Crippen LogP) is 1.66. The largest absolute Gasteiger partial charge is 0.507 e. The van der Waals surface area contributed by atoms with E-state index in [2.05, 4.69) is 10.3 Å². The number of aromatic nitrogens is 1. The van der Waals surface area contributed by atoms with Crippen molar-refractivity contribution in [3.05, 3.63) is 47.8 Å². The molecular formula is C13H14N2O3. The number of aromatic hydroxyl groups is 1. The molecule has 3 N–H and O–H groups in total. The van der Waals surface area contributed by atoms with E-state index in [-0.39, 0.29) is 17.2 Å². The second-order valence-corrected chi connectivity index (χ2v) is 3.79. The van der Waals surface area contributed by atoms with Gasteiger partial charge in [0.15, 0.2) is 0 Å². The lowest BCUT2D eigenvalue weighted by atomic mass is 10.1. The molecule has 1 aromatic carbocycles. The number of benzene rings is 1. The van der Waals surface area contributed by atoms with Gasteiger partial charge in [0.05, 0.1) is 12.7 Å². The molecule has 0 aliphatic carbocycles. The molecule has 0 bridgehead atoms. The van der Waals surface area contributed by atoms with Gasteiger partial charge in [0, 0.05) is 18.9 Å². The first kappa shape index (κ1) is 12.0. The number of H-pyrrole nitrogens is 1. The number of ether oxygens (including phenoxy) is 1. The van der Waals surface area contributed by atoms with Crippen LogP contribution in [0, 0.1) is 0 Å². The van der Waals surface area contributed by atoms with Gasteiger partial charge in [-0.25, -0.2) is 0 Å². The van der Waals surface area contributed by atoms with Crippen LogP contribution in [0.5, 0.6) is 11.5 Å². The number of rotatable bonds is 4. The molecule has 5 heteroatoms. The highest BCUT2D eigenvalue weighted by Crippen LogP contribution is 2.22. The Kier molecular flexibility index (Phi) is 3.52. The van der Waals surface area contributed by atoms with Gasteiger partial charge in [-0.1, -0.05) is 0 Å². The zero-order chi connectivity index (χ0) is 13.0. The molecule has 1 amide bonds. The predicted molar refractivity (Wildman–Crippen MR) is 66.6 cm³/mol. The number of nitrogens with one attached hydrogen (secondary N) is 2. The highest BCUT2D eigenvalue weighted by atomic mass is 16.5. The summed E-state index contributed by atoms with van der Waals surface area (Å²) in [6.07, 6.45) is 3.58. The topological polar surface area (TPSA) is 74.3 Å². The standard InChI is InChI=1S/C13H14N2O3/c1-18-10-2-3-12(16)11(6-10)13(17)15-8-9-4-5-14-7-9/h2-7,14,16H,8H2,1H3,(H,15,17). The third kappa shape index (κ3) is 2.63. The Bertz CT molecular complexity index is 535. The number of hydrogen-bond acceptors (Lipinski definition) is 3. The molecule has 18 heavy (non-hydrogen) atoms. The summed E-state index contributed by atoms with van der Waals surface area (Å²) in [4.78, 5) is 14.8. The fraction of sp³-hybridized carbons (Fsp3) is 0.154. The molecule has 2 rings (SSSR count). The number of amides is 1. The summed E-state index contributed by atoms with van der Waals surface area (Å²) in [5.74, 6) is 0.120. The van der Waals surface area contributed by atoms with Crippen molar-refractivity contribution >= 4 is 5.91 Å². The van der Waals surface area contributed by atoms with E-state index in [0.29, 0.717) is 12.3 Å². The van der Waals surface area contributed by atoms with Crippen LogP contribution in [-0.4, -0.2) is 23.1 Å². The Labute approximate surface area is 104 Å². The summed E-state index contributed by atoms with van der Waals surface area (Å²) in [6.45, 7) is 0.402. The van der Waals surface area contributed by atoms with Crippen LogP contribution in [0.2, 0.25) is 0 Å². The number of hydrogen-bond donors (Lipinski definition) is 3. The van der Waals surface area contributed by atoms with Crippen LogP contribution in [0.1, 0.15) is 15.9 Å². The van der Waals surface area contributed by atoms with E-state index in [9.17, 15) is 9.90 Å². The summed E-state index contributed by atoms with van der Waals surface area (Å²) < 4.78 is 5.01. The monoisotopic (exact) mass is 246 g/mol. The Morgan fingerprint density at radius 3 is 2.94 bits per heavy atom. The third-order valence-corrected chi connectivity index (χ3v) is 2.56. The van der Waals surface area contributed by atoms with Gasteiger partial charge < -0.3 is 20.1 Å². The molecule has 0 radical (unpaired) electrons. The maximum atomic E-state index is 11.9. The van der Waals surface area contributed by atoms with Gasteiger partial charge in [-0.15, -0.1) is 0 Å². The molecule has 1 heterocycles. The van der Waals surface area contributed by atoms with Crippen LogP contribution in [0.4, 0.5) is 0 Å². The average molecular weight is 246 g/mol. The van der Waals surface area contributed by atoms with E-state index in [1.165, 1.54) is 19.2 Å². The van der Waals surface area contributed by atoms with Crippen LogP contribution in [0.25, 0.3) is 0 Å². The molecule has 0 spiro atoms. The van der Waals surface area contributed by atoms with Crippen LogP contribution >= 0.6 is 0 Å². The maximum absolute atomic E-state index is 11.9. The SMILES string of the molecule is COc1ccc(O)c(C(=O)NCc2cc[nH]c2)c1. The highest BCUT2D eigenvalue weighted by molar-refractivity contribution is 5.97. The molecule has 2 aromatic rings. The molecule has 0 aliphatic rings. The number of carbonyl (C=O) groups excluding carboxylic acids is 1. The van der Waals surface area contributed by atoms with Gasteiger partial charge >= 0.3 is 0 Å². The minimum absolute atomic E-state index is 0.0673. The van der Waals surface area contributed by atoms with E-state index in [4.69, 9.17) is 4.74 Å². The van der Waals surface area contributed by atoms with Crippen molar-refractivity contribution in [1.29, 1.82) is 0 Å². The van der Waals surface area contributed by atoms with Gasteiger partial charge in [0.1, 0.15) is 11.5 Å². The smallest absolute Gasteiger partial charge is 0.255 e. The Balaban J connectivity index is 2.08. The van der Waals surface area contributed by atoms with E-state index in [1.54, 1.807) is 18.5 Å². The maximum Gasteiger partial charge on any atom is 0.255 e. The number of phenolic OH excluding ortho intramolecular Hbond substituents is 1. The highest BCUT2D eigenvalue weighted by Gasteiger charge is 2.12. The number of phenols is 1. The van der Waals surface area contributed by atoms with Crippen molar-refractivity contribution in [2.45, 2.75) is 6.54 Å². The van der Waals surface area contributed by atoms with Crippen LogP contribution in [0.15, 0.2) is 36.7 Å². The Morgan fingerprint density at radius 1 is 1.44 bits per heavy atom. The zero-order valence-electron chi connectivity index (χ0n) is 9.93. The zero-order valence-corrected chi connectivity index (χ0v) is 9.93. The molecule has 0 fully saturated rings. The van der Waals surface area contributed by atoms with Crippen LogP contribution in [0.3, 0.4) is 0 Å². The fourth-order valence-electron chi connectivity index (χ4n) is 1.57. The van der Waals surface area contributed by atoms with Crippen molar-refractivity contribution in [1.82, 2.24) is 10.3 Å².